The maximum absolute atomic E-state index is 12.3. The highest BCUT2D eigenvalue weighted by Crippen LogP contribution is 2.13. The van der Waals surface area contributed by atoms with Crippen LogP contribution in [0.1, 0.15) is 26.0 Å². The fourth-order valence-corrected chi connectivity index (χ4v) is 2.80. The summed E-state index contributed by atoms with van der Waals surface area (Å²) in [6, 6.07) is 2.03. The molecule has 1 saturated heterocycles. The lowest BCUT2D eigenvalue weighted by Gasteiger charge is -2.38. The van der Waals surface area contributed by atoms with E-state index in [1.807, 2.05) is 24.9 Å². The third-order valence-corrected chi connectivity index (χ3v) is 4.33. The predicted molar refractivity (Wildman–Crippen MR) is 85.9 cm³/mol. The van der Waals surface area contributed by atoms with E-state index in [0.29, 0.717) is 13.1 Å². The first-order chi connectivity index (χ1) is 10.6. The molecule has 0 saturated carbocycles. The van der Waals surface area contributed by atoms with Crippen LogP contribution in [0, 0.1) is 0 Å². The lowest BCUT2D eigenvalue weighted by molar-refractivity contribution is 0.0765. The van der Waals surface area contributed by atoms with Crippen LogP contribution in [0.4, 0.5) is 10.6 Å². The first-order valence-corrected chi connectivity index (χ1v) is 8.02. The molecule has 0 bridgehead atoms. The molecule has 2 rings (SSSR count). The number of rotatable bonds is 5. The molecule has 0 spiro atoms. The van der Waals surface area contributed by atoms with Crippen molar-refractivity contribution < 1.29 is 9.90 Å². The lowest BCUT2D eigenvalue weighted by atomic mass is 10.2. The van der Waals surface area contributed by atoms with E-state index in [0.717, 1.165) is 37.4 Å². The van der Waals surface area contributed by atoms with Gasteiger partial charge in [0, 0.05) is 45.3 Å². The zero-order chi connectivity index (χ0) is 16.1. The van der Waals surface area contributed by atoms with Crippen LogP contribution in [-0.4, -0.2) is 69.5 Å². The van der Waals surface area contributed by atoms with Crippen molar-refractivity contribution in [3.05, 3.63) is 11.8 Å². The number of aromatic nitrogens is 2. The van der Waals surface area contributed by atoms with Crippen molar-refractivity contribution in [2.24, 2.45) is 7.05 Å². The summed E-state index contributed by atoms with van der Waals surface area (Å²) in [6.07, 6.45) is 1.78. The average molecular weight is 309 g/mol. The second-order valence-electron chi connectivity index (χ2n) is 5.70. The average Bonchev–Trinajstić information content (AvgIpc) is 2.89. The SMILES string of the molecule is CCc1cc(NC(=O)N2CCN(C(CC)CO)CC2)n(C)n1. The van der Waals surface area contributed by atoms with E-state index in [1.165, 1.54) is 0 Å². The zero-order valence-electron chi connectivity index (χ0n) is 13.7. The quantitative estimate of drug-likeness (QED) is 0.848. The summed E-state index contributed by atoms with van der Waals surface area (Å²) in [5, 5.41) is 16.6. The predicted octanol–water partition coefficient (Wildman–Crippen LogP) is 0.903. The Morgan fingerprint density at radius 2 is 2.05 bits per heavy atom. The van der Waals surface area contributed by atoms with Crippen molar-refractivity contribution >= 4 is 11.8 Å². The Morgan fingerprint density at radius 1 is 1.36 bits per heavy atom. The smallest absolute Gasteiger partial charge is 0.323 e. The van der Waals surface area contributed by atoms with Crippen LogP contribution in [0.25, 0.3) is 0 Å². The first kappa shape index (κ1) is 16.8. The number of hydrogen-bond acceptors (Lipinski definition) is 4. The molecule has 2 heterocycles. The largest absolute Gasteiger partial charge is 0.395 e. The lowest BCUT2D eigenvalue weighted by Crippen LogP contribution is -2.53. The van der Waals surface area contributed by atoms with Crippen molar-refractivity contribution in [1.82, 2.24) is 19.6 Å². The van der Waals surface area contributed by atoms with Crippen molar-refractivity contribution in [3.8, 4) is 0 Å². The van der Waals surface area contributed by atoms with Gasteiger partial charge in [-0.1, -0.05) is 13.8 Å². The van der Waals surface area contributed by atoms with Crippen LogP contribution >= 0.6 is 0 Å². The number of carbonyl (C=O) groups excluding carboxylic acids is 1. The molecule has 1 fully saturated rings. The minimum absolute atomic E-state index is 0.0812. The van der Waals surface area contributed by atoms with Gasteiger partial charge in [-0.3, -0.25) is 14.9 Å². The minimum Gasteiger partial charge on any atom is -0.395 e. The van der Waals surface area contributed by atoms with Crippen LogP contribution in [0.3, 0.4) is 0 Å². The van der Waals surface area contributed by atoms with Crippen LogP contribution in [0.2, 0.25) is 0 Å². The Labute approximate surface area is 131 Å². The Bertz CT molecular complexity index is 490. The van der Waals surface area contributed by atoms with Crippen molar-refractivity contribution in [3.63, 3.8) is 0 Å². The topological polar surface area (TPSA) is 73.6 Å². The van der Waals surface area contributed by atoms with Crippen molar-refractivity contribution in [2.45, 2.75) is 32.7 Å². The van der Waals surface area contributed by atoms with E-state index in [2.05, 4.69) is 22.2 Å². The summed E-state index contributed by atoms with van der Waals surface area (Å²) in [4.78, 5) is 16.4. The highest BCUT2D eigenvalue weighted by atomic mass is 16.3. The summed E-state index contributed by atoms with van der Waals surface area (Å²) in [5.41, 5.74) is 0.969. The Kier molecular flexibility index (Phi) is 5.79. The van der Waals surface area contributed by atoms with Crippen molar-refractivity contribution in [2.75, 3.05) is 38.1 Å². The molecule has 2 N–H and O–H groups in total. The van der Waals surface area contributed by atoms with Crippen LogP contribution in [0.5, 0.6) is 0 Å². The molecule has 0 aliphatic carbocycles. The normalized spacial score (nSPS) is 17.5. The third-order valence-electron chi connectivity index (χ3n) is 4.33. The van der Waals surface area contributed by atoms with Gasteiger partial charge in [0.25, 0.3) is 0 Å². The number of aryl methyl sites for hydroxylation is 2. The standard InChI is InChI=1S/C15H27N5O2/c1-4-12-10-14(18(3)17-12)16-15(22)20-8-6-19(7-9-20)13(5-2)11-21/h10,13,21H,4-9,11H2,1-3H3,(H,16,22). The number of nitrogens with one attached hydrogen (secondary N) is 1. The fourth-order valence-electron chi connectivity index (χ4n) is 2.80. The highest BCUT2D eigenvalue weighted by molar-refractivity contribution is 5.88. The molecule has 22 heavy (non-hydrogen) atoms. The second kappa shape index (κ2) is 7.60. The molecule has 7 nitrogen and oxygen atoms in total. The van der Waals surface area contributed by atoms with E-state index < -0.39 is 0 Å². The number of amides is 2. The van der Waals surface area contributed by atoms with E-state index in [1.54, 1.807) is 4.68 Å². The first-order valence-electron chi connectivity index (χ1n) is 8.02. The number of nitrogens with zero attached hydrogens (tertiary/aromatic N) is 4. The van der Waals surface area contributed by atoms with Gasteiger partial charge in [-0.15, -0.1) is 0 Å². The Morgan fingerprint density at radius 3 is 2.55 bits per heavy atom. The fraction of sp³-hybridized carbons (Fsp3) is 0.733. The van der Waals surface area contributed by atoms with Gasteiger partial charge in [-0.25, -0.2) is 4.79 Å². The van der Waals surface area contributed by atoms with E-state index in [-0.39, 0.29) is 18.7 Å². The summed E-state index contributed by atoms with van der Waals surface area (Å²) >= 11 is 0. The van der Waals surface area contributed by atoms with Crippen LogP contribution in [-0.2, 0) is 13.5 Å². The van der Waals surface area contributed by atoms with E-state index in [9.17, 15) is 9.90 Å². The van der Waals surface area contributed by atoms with E-state index in [4.69, 9.17) is 0 Å². The van der Waals surface area contributed by atoms with Gasteiger partial charge >= 0.3 is 6.03 Å². The summed E-state index contributed by atoms with van der Waals surface area (Å²) in [7, 11) is 1.83. The van der Waals surface area contributed by atoms with Gasteiger partial charge in [-0.05, 0) is 12.8 Å². The third kappa shape index (κ3) is 3.78. The second-order valence-corrected chi connectivity index (χ2v) is 5.70. The number of urea groups is 1. The molecule has 1 aliphatic rings. The maximum atomic E-state index is 12.3. The number of hydrogen-bond donors (Lipinski definition) is 2. The van der Waals surface area contributed by atoms with Gasteiger partial charge in [0.15, 0.2) is 0 Å². The molecular formula is C15H27N5O2. The Hall–Kier alpha value is -1.60. The minimum atomic E-state index is -0.0812. The van der Waals surface area contributed by atoms with Gasteiger partial charge in [0.1, 0.15) is 5.82 Å². The number of aliphatic hydroxyl groups is 1. The van der Waals surface area contributed by atoms with E-state index >= 15 is 0 Å². The molecule has 124 valence electrons. The molecule has 0 radical (unpaired) electrons. The van der Waals surface area contributed by atoms with Gasteiger partial charge < -0.3 is 10.0 Å². The number of anilines is 1. The monoisotopic (exact) mass is 309 g/mol. The summed E-state index contributed by atoms with van der Waals surface area (Å²) in [6.45, 7) is 7.27. The van der Waals surface area contributed by atoms with Crippen LogP contribution in [0.15, 0.2) is 6.07 Å². The number of aliphatic hydroxyl groups excluding tert-OH is 1. The molecule has 1 unspecified atom stereocenters. The van der Waals surface area contributed by atoms with Crippen molar-refractivity contribution in [1.29, 1.82) is 0 Å². The Balaban J connectivity index is 1.88. The summed E-state index contributed by atoms with van der Waals surface area (Å²) < 4.78 is 1.70. The molecular weight excluding hydrogens is 282 g/mol. The number of piperazine rings is 1. The molecule has 1 aliphatic heterocycles. The van der Waals surface area contributed by atoms with Crippen LogP contribution < -0.4 is 5.32 Å². The molecule has 1 atom stereocenters. The highest BCUT2D eigenvalue weighted by Gasteiger charge is 2.25. The van der Waals surface area contributed by atoms with Gasteiger partial charge in [0.2, 0.25) is 0 Å². The molecule has 1 aromatic heterocycles. The molecule has 1 aromatic rings. The maximum Gasteiger partial charge on any atom is 0.323 e. The molecule has 2 amide bonds. The van der Waals surface area contributed by atoms with Gasteiger partial charge in [-0.2, -0.15) is 5.10 Å². The molecule has 0 aromatic carbocycles. The molecule has 7 heteroatoms. The van der Waals surface area contributed by atoms with Gasteiger partial charge in [0.05, 0.1) is 12.3 Å². The summed E-state index contributed by atoms with van der Waals surface area (Å²) in [5.74, 6) is 0.728. The zero-order valence-corrected chi connectivity index (χ0v) is 13.7. The number of carbonyl (C=O) groups is 1.